The van der Waals surface area contributed by atoms with Crippen LogP contribution in [0.2, 0.25) is 10.0 Å². The van der Waals surface area contributed by atoms with Gasteiger partial charge in [0.15, 0.2) is 5.11 Å². The molecule has 3 rings (SSSR count). The molecule has 0 fully saturated rings. The van der Waals surface area contributed by atoms with Crippen LogP contribution in [0, 0.1) is 10.1 Å². The van der Waals surface area contributed by atoms with Crippen molar-refractivity contribution in [3.05, 3.63) is 80.6 Å². The van der Waals surface area contributed by atoms with Gasteiger partial charge in [0.2, 0.25) is 0 Å². The Morgan fingerprint density at radius 2 is 1.85 bits per heavy atom. The molecule has 0 unspecified atom stereocenters. The summed E-state index contributed by atoms with van der Waals surface area (Å²) >= 11 is 17.3. The van der Waals surface area contributed by atoms with Crippen LogP contribution in [0.3, 0.4) is 0 Å². The number of nitrogens with zero attached hydrogens (tertiary/aromatic N) is 3. The molecule has 0 radical (unpaired) electrons. The summed E-state index contributed by atoms with van der Waals surface area (Å²) < 4.78 is 1.71. The van der Waals surface area contributed by atoms with E-state index in [0.29, 0.717) is 33.1 Å². The lowest BCUT2D eigenvalue weighted by atomic mass is 10.2. The molecule has 0 saturated heterocycles. The first-order chi connectivity index (χ1) is 12.9. The molecule has 0 atom stereocenters. The third kappa shape index (κ3) is 5.16. The summed E-state index contributed by atoms with van der Waals surface area (Å²) in [5.41, 5.74) is 2.24. The lowest BCUT2D eigenvalue weighted by Crippen LogP contribution is -2.18. The van der Waals surface area contributed by atoms with Crippen LogP contribution in [-0.4, -0.2) is 19.8 Å². The van der Waals surface area contributed by atoms with Crippen molar-refractivity contribution in [2.75, 3.05) is 10.6 Å². The summed E-state index contributed by atoms with van der Waals surface area (Å²) in [6.07, 6.45) is 3.42. The number of halogens is 2. The monoisotopic (exact) mass is 421 g/mol. The Morgan fingerprint density at radius 1 is 1.15 bits per heavy atom. The quantitative estimate of drug-likeness (QED) is 0.344. The van der Waals surface area contributed by atoms with Crippen LogP contribution in [0.15, 0.2) is 54.9 Å². The zero-order valence-electron chi connectivity index (χ0n) is 13.7. The Labute approximate surface area is 170 Å². The summed E-state index contributed by atoms with van der Waals surface area (Å²) in [6.45, 7) is 0.486. The molecule has 0 saturated carbocycles. The molecule has 1 heterocycles. The van der Waals surface area contributed by atoms with Crippen molar-refractivity contribution < 1.29 is 4.92 Å². The number of thiocarbonyl (C=S) groups is 1. The van der Waals surface area contributed by atoms with Gasteiger partial charge in [-0.15, -0.1) is 0 Å². The summed E-state index contributed by atoms with van der Waals surface area (Å²) in [6, 6.07) is 11.3. The van der Waals surface area contributed by atoms with Crippen molar-refractivity contribution in [3.63, 3.8) is 0 Å². The van der Waals surface area contributed by atoms with Gasteiger partial charge >= 0.3 is 0 Å². The molecule has 2 aromatic carbocycles. The Hall–Kier alpha value is -2.68. The van der Waals surface area contributed by atoms with Gasteiger partial charge in [-0.3, -0.25) is 14.8 Å². The van der Waals surface area contributed by atoms with Gasteiger partial charge in [0.1, 0.15) is 0 Å². The molecule has 7 nitrogen and oxygen atoms in total. The van der Waals surface area contributed by atoms with Crippen molar-refractivity contribution >= 4 is 57.6 Å². The van der Waals surface area contributed by atoms with E-state index in [-0.39, 0.29) is 5.69 Å². The molecular weight excluding hydrogens is 409 g/mol. The molecule has 138 valence electrons. The highest BCUT2D eigenvalue weighted by Gasteiger charge is 2.07. The lowest BCUT2D eigenvalue weighted by Gasteiger charge is -2.08. The van der Waals surface area contributed by atoms with E-state index >= 15 is 0 Å². The first kappa shape index (κ1) is 19.1. The second-order valence-electron chi connectivity index (χ2n) is 5.55. The van der Waals surface area contributed by atoms with Crippen LogP contribution in [0.5, 0.6) is 0 Å². The third-order valence-corrected chi connectivity index (χ3v) is 4.37. The number of aromatic nitrogens is 2. The maximum atomic E-state index is 10.7. The van der Waals surface area contributed by atoms with E-state index in [1.807, 2.05) is 6.07 Å². The van der Waals surface area contributed by atoms with E-state index < -0.39 is 4.92 Å². The average molecular weight is 422 g/mol. The predicted molar refractivity (Wildman–Crippen MR) is 111 cm³/mol. The Bertz CT molecular complexity index is 991. The Balaban J connectivity index is 1.59. The first-order valence-electron chi connectivity index (χ1n) is 7.69. The van der Waals surface area contributed by atoms with E-state index in [1.165, 1.54) is 12.1 Å². The van der Waals surface area contributed by atoms with Crippen molar-refractivity contribution in [2.45, 2.75) is 6.54 Å². The number of rotatable bonds is 5. The minimum absolute atomic E-state index is 0.0153. The zero-order valence-corrected chi connectivity index (χ0v) is 16.1. The van der Waals surface area contributed by atoms with E-state index in [0.717, 1.165) is 5.56 Å². The molecule has 2 N–H and O–H groups in total. The van der Waals surface area contributed by atoms with Gasteiger partial charge in [0, 0.05) is 34.1 Å². The summed E-state index contributed by atoms with van der Waals surface area (Å²) in [7, 11) is 0. The minimum atomic E-state index is -0.457. The van der Waals surface area contributed by atoms with E-state index in [1.54, 1.807) is 41.3 Å². The van der Waals surface area contributed by atoms with Gasteiger partial charge < -0.3 is 10.6 Å². The third-order valence-electron chi connectivity index (χ3n) is 3.57. The topological polar surface area (TPSA) is 85.0 Å². The van der Waals surface area contributed by atoms with Crippen LogP contribution < -0.4 is 10.6 Å². The maximum absolute atomic E-state index is 10.7. The molecule has 0 aliphatic carbocycles. The summed E-state index contributed by atoms with van der Waals surface area (Å²) in [4.78, 5) is 10.2. The van der Waals surface area contributed by atoms with Crippen molar-refractivity contribution in [2.24, 2.45) is 0 Å². The fourth-order valence-electron chi connectivity index (χ4n) is 2.30. The number of nitro groups is 1. The zero-order chi connectivity index (χ0) is 19.4. The highest BCUT2D eigenvalue weighted by Crippen LogP contribution is 2.22. The molecule has 0 spiro atoms. The van der Waals surface area contributed by atoms with E-state index in [2.05, 4.69) is 15.7 Å². The lowest BCUT2D eigenvalue weighted by molar-refractivity contribution is -0.384. The van der Waals surface area contributed by atoms with Gasteiger partial charge in [-0.1, -0.05) is 29.3 Å². The normalized spacial score (nSPS) is 10.4. The number of anilines is 2. The Morgan fingerprint density at radius 3 is 2.52 bits per heavy atom. The molecular formula is C17H13Cl2N5O2S. The van der Waals surface area contributed by atoms with Crippen molar-refractivity contribution in [1.29, 1.82) is 0 Å². The molecule has 0 bridgehead atoms. The predicted octanol–water partition coefficient (Wildman–Crippen LogP) is 4.96. The summed E-state index contributed by atoms with van der Waals surface area (Å²) in [5, 5.41) is 22.4. The minimum Gasteiger partial charge on any atom is -0.332 e. The number of nitro benzene ring substituents is 1. The average Bonchev–Trinajstić information content (AvgIpc) is 3.04. The number of benzene rings is 2. The molecule has 10 heteroatoms. The second-order valence-corrected chi connectivity index (χ2v) is 6.80. The van der Waals surface area contributed by atoms with Crippen molar-refractivity contribution in [3.8, 4) is 0 Å². The van der Waals surface area contributed by atoms with Gasteiger partial charge in [-0.05, 0) is 42.0 Å². The van der Waals surface area contributed by atoms with Crippen LogP contribution in [0.25, 0.3) is 0 Å². The van der Waals surface area contributed by atoms with Crippen molar-refractivity contribution in [1.82, 2.24) is 9.78 Å². The Kier molecular flexibility index (Phi) is 5.90. The highest BCUT2D eigenvalue weighted by molar-refractivity contribution is 7.80. The molecule has 0 aliphatic rings. The van der Waals surface area contributed by atoms with Gasteiger partial charge in [0.25, 0.3) is 5.69 Å². The second kappa shape index (κ2) is 8.34. The van der Waals surface area contributed by atoms with E-state index in [9.17, 15) is 10.1 Å². The van der Waals surface area contributed by atoms with Gasteiger partial charge in [-0.2, -0.15) is 5.10 Å². The van der Waals surface area contributed by atoms with E-state index in [4.69, 9.17) is 35.4 Å². The molecule has 3 aromatic rings. The smallest absolute Gasteiger partial charge is 0.269 e. The molecule has 1 aromatic heterocycles. The SMILES string of the molecule is O=[N+]([O-])c1ccc(NC(=S)Nc2cnn(Cc3ccc(Cl)cc3Cl)c2)cc1. The van der Waals surface area contributed by atoms with Gasteiger partial charge in [-0.25, -0.2) is 0 Å². The number of non-ortho nitro benzene ring substituents is 1. The summed E-state index contributed by atoms with van der Waals surface area (Å²) in [5.74, 6) is 0. The standard InChI is InChI=1S/C17H13Cl2N5O2S/c18-12-2-1-11(16(19)7-12)9-23-10-14(8-20-23)22-17(27)21-13-3-5-15(6-4-13)24(25)26/h1-8,10H,9H2,(H2,21,22,27). The maximum Gasteiger partial charge on any atom is 0.269 e. The van der Waals surface area contributed by atoms with Crippen LogP contribution in [-0.2, 0) is 6.54 Å². The van der Waals surface area contributed by atoms with Crippen LogP contribution in [0.1, 0.15) is 5.56 Å². The molecule has 27 heavy (non-hydrogen) atoms. The first-order valence-corrected chi connectivity index (χ1v) is 8.86. The van der Waals surface area contributed by atoms with Gasteiger partial charge in [0.05, 0.1) is 23.4 Å². The molecule has 0 amide bonds. The number of hydrogen-bond acceptors (Lipinski definition) is 4. The van der Waals surface area contributed by atoms with Crippen LogP contribution >= 0.6 is 35.4 Å². The fraction of sp³-hybridized carbons (Fsp3) is 0.0588. The number of nitrogens with one attached hydrogen (secondary N) is 2. The molecule has 0 aliphatic heterocycles. The largest absolute Gasteiger partial charge is 0.332 e. The van der Waals surface area contributed by atoms with Crippen LogP contribution in [0.4, 0.5) is 17.1 Å². The number of hydrogen-bond donors (Lipinski definition) is 2. The fourth-order valence-corrected chi connectivity index (χ4v) is 3.00. The highest BCUT2D eigenvalue weighted by atomic mass is 35.5.